The Balaban J connectivity index is 1.87. The first-order chi connectivity index (χ1) is 9.33. The van der Waals surface area contributed by atoms with Crippen molar-refractivity contribution >= 4 is 0 Å². The van der Waals surface area contributed by atoms with Crippen LogP contribution >= 0.6 is 0 Å². The second-order valence-corrected chi connectivity index (χ2v) is 4.35. The maximum atomic E-state index is 5.49. The average molecular weight is 259 g/mol. The van der Waals surface area contributed by atoms with E-state index in [0.29, 0.717) is 6.61 Å². The molecule has 0 spiro atoms. The van der Waals surface area contributed by atoms with Gasteiger partial charge in [-0.15, -0.1) is 0 Å². The zero-order chi connectivity index (χ0) is 13.5. The van der Waals surface area contributed by atoms with Crippen LogP contribution in [0.1, 0.15) is 25.1 Å². The van der Waals surface area contributed by atoms with E-state index in [1.807, 2.05) is 31.6 Å². The molecule has 2 aromatic rings. The number of ether oxygens (including phenoxy) is 1. The standard InChI is InChI=1S/C15H21N3O/c1-3-18-12-17-11-14(18)10-16-9-13-6-5-7-15(8-13)19-4-2/h5-8,11-12,16H,3-4,9-10H2,1-2H3. The van der Waals surface area contributed by atoms with E-state index in [2.05, 4.69) is 33.9 Å². The Bertz CT molecular complexity index is 508. The monoisotopic (exact) mass is 259 g/mol. The van der Waals surface area contributed by atoms with Crippen LogP contribution in [0.25, 0.3) is 0 Å². The molecule has 0 aliphatic carbocycles. The summed E-state index contributed by atoms with van der Waals surface area (Å²) in [6.45, 7) is 7.43. The second-order valence-electron chi connectivity index (χ2n) is 4.35. The summed E-state index contributed by atoms with van der Waals surface area (Å²) < 4.78 is 7.64. The van der Waals surface area contributed by atoms with Crippen molar-refractivity contribution in [3.8, 4) is 5.75 Å². The molecule has 1 N–H and O–H groups in total. The summed E-state index contributed by atoms with van der Waals surface area (Å²) in [5, 5.41) is 3.43. The fourth-order valence-electron chi connectivity index (χ4n) is 2.03. The van der Waals surface area contributed by atoms with E-state index in [-0.39, 0.29) is 0 Å². The molecule has 0 aliphatic heterocycles. The summed E-state index contributed by atoms with van der Waals surface area (Å²) in [6.07, 6.45) is 3.78. The average Bonchev–Trinajstić information content (AvgIpc) is 2.87. The Hall–Kier alpha value is -1.81. The molecule has 19 heavy (non-hydrogen) atoms. The number of rotatable bonds is 7. The number of benzene rings is 1. The third-order valence-corrected chi connectivity index (χ3v) is 2.98. The minimum Gasteiger partial charge on any atom is -0.494 e. The normalized spacial score (nSPS) is 10.6. The summed E-state index contributed by atoms with van der Waals surface area (Å²) in [5.41, 5.74) is 2.44. The summed E-state index contributed by atoms with van der Waals surface area (Å²) in [7, 11) is 0. The summed E-state index contributed by atoms with van der Waals surface area (Å²) in [5.74, 6) is 0.931. The Morgan fingerprint density at radius 1 is 1.26 bits per heavy atom. The molecule has 2 rings (SSSR count). The minimum atomic E-state index is 0.701. The first-order valence-electron chi connectivity index (χ1n) is 6.75. The first kappa shape index (κ1) is 13.6. The minimum absolute atomic E-state index is 0.701. The van der Waals surface area contributed by atoms with Crippen molar-refractivity contribution in [2.45, 2.75) is 33.5 Å². The highest BCUT2D eigenvalue weighted by Gasteiger charge is 2.00. The first-order valence-corrected chi connectivity index (χ1v) is 6.75. The largest absolute Gasteiger partial charge is 0.494 e. The lowest BCUT2D eigenvalue weighted by molar-refractivity contribution is 0.340. The van der Waals surface area contributed by atoms with E-state index in [1.54, 1.807) is 0 Å². The van der Waals surface area contributed by atoms with Crippen LogP contribution in [0.15, 0.2) is 36.8 Å². The topological polar surface area (TPSA) is 39.1 Å². The van der Waals surface area contributed by atoms with Crippen LogP contribution < -0.4 is 10.1 Å². The second kappa shape index (κ2) is 6.95. The molecule has 0 bridgehead atoms. The maximum Gasteiger partial charge on any atom is 0.119 e. The van der Waals surface area contributed by atoms with Crippen molar-refractivity contribution in [1.82, 2.24) is 14.9 Å². The zero-order valence-corrected chi connectivity index (χ0v) is 11.6. The molecule has 0 saturated carbocycles. The number of hydrogen-bond acceptors (Lipinski definition) is 3. The lowest BCUT2D eigenvalue weighted by atomic mass is 10.2. The van der Waals surface area contributed by atoms with Gasteiger partial charge in [0.1, 0.15) is 5.75 Å². The number of hydrogen-bond donors (Lipinski definition) is 1. The van der Waals surface area contributed by atoms with Crippen molar-refractivity contribution in [1.29, 1.82) is 0 Å². The van der Waals surface area contributed by atoms with Gasteiger partial charge in [0.05, 0.1) is 18.6 Å². The summed E-state index contributed by atoms with van der Waals surface area (Å²) in [4.78, 5) is 4.16. The SMILES string of the molecule is CCOc1cccc(CNCc2cncn2CC)c1. The number of nitrogens with zero attached hydrogens (tertiary/aromatic N) is 2. The Labute approximate surface area is 114 Å². The van der Waals surface area contributed by atoms with Crippen LogP contribution in [0.3, 0.4) is 0 Å². The van der Waals surface area contributed by atoms with Gasteiger partial charge in [-0.3, -0.25) is 0 Å². The molecule has 1 aromatic carbocycles. The lowest BCUT2D eigenvalue weighted by Gasteiger charge is -2.09. The highest BCUT2D eigenvalue weighted by atomic mass is 16.5. The number of nitrogens with one attached hydrogen (secondary N) is 1. The van der Waals surface area contributed by atoms with Gasteiger partial charge in [0.25, 0.3) is 0 Å². The van der Waals surface area contributed by atoms with E-state index in [1.165, 1.54) is 11.3 Å². The number of aromatic nitrogens is 2. The van der Waals surface area contributed by atoms with Crippen LogP contribution in [0, 0.1) is 0 Å². The van der Waals surface area contributed by atoms with Crippen molar-refractivity contribution in [2.75, 3.05) is 6.61 Å². The van der Waals surface area contributed by atoms with E-state index in [4.69, 9.17) is 4.74 Å². The summed E-state index contributed by atoms with van der Waals surface area (Å²) >= 11 is 0. The maximum absolute atomic E-state index is 5.49. The zero-order valence-electron chi connectivity index (χ0n) is 11.6. The lowest BCUT2D eigenvalue weighted by Crippen LogP contribution is -2.15. The fraction of sp³-hybridized carbons (Fsp3) is 0.400. The highest BCUT2D eigenvalue weighted by molar-refractivity contribution is 5.28. The predicted octanol–water partition coefficient (Wildman–Crippen LogP) is 2.59. The van der Waals surface area contributed by atoms with Crippen molar-refractivity contribution < 1.29 is 4.74 Å². The molecule has 0 fully saturated rings. The predicted molar refractivity (Wildman–Crippen MR) is 76.1 cm³/mol. The van der Waals surface area contributed by atoms with Crippen molar-refractivity contribution in [3.63, 3.8) is 0 Å². The molecular formula is C15H21N3O. The molecule has 0 unspecified atom stereocenters. The molecule has 102 valence electrons. The smallest absolute Gasteiger partial charge is 0.119 e. The van der Waals surface area contributed by atoms with Gasteiger partial charge in [-0.25, -0.2) is 4.98 Å². The molecule has 0 amide bonds. The fourth-order valence-corrected chi connectivity index (χ4v) is 2.03. The summed E-state index contributed by atoms with van der Waals surface area (Å²) in [6, 6.07) is 8.19. The van der Waals surface area contributed by atoms with Gasteiger partial charge >= 0.3 is 0 Å². The van der Waals surface area contributed by atoms with Gasteiger partial charge in [-0.05, 0) is 31.5 Å². The molecule has 0 radical (unpaired) electrons. The van der Waals surface area contributed by atoms with Crippen LogP contribution in [0.2, 0.25) is 0 Å². The van der Waals surface area contributed by atoms with E-state index >= 15 is 0 Å². The van der Waals surface area contributed by atoms with E-state index in [9.17, 15) is 0 Å². The molecule has 0 saturated heterocycles. The third-order valence-electron chi connectivity index (χ3n) is 2.98. The Morgan fingerprint density at radius 2 is 2.16 bits per heavy atom. The van der Waals surface area contributed by atoms with Crippen LogP contribution in [0.4, 0.5) is 0 Å². The van der Waals surface area contributed by atoms with Crippen LogP contribution in [0.5, 0.6) is 5.75 Å². The van der Waals surface area contributed by atoms with Crippen molar-refractivity contribution in [2.24, 2.45) is 0 Å². The molecule has 1 heterocycles. The van der Waals surface area contributed by atoms with E-state index < -0.39 is 0 Å². The molecule has 1 aromatic heterocycles. The van der Waals surface area contributed by atoms with Gasteiger partial charge in [-0.2, -0.15) is 0 Å². The molecule has 4 heteroatoms. The Morgan fingerprint density at radius 3 is 2.95 bits per heavy atom. The molecule has 0 atom stereocenters. The highest BCUT2D eigenvalue weighted by Crippen LogP contribution is 2.13. The number of imidazole rings is 1. The molecule has 4 nitrogen and oxygen atoms in total. The van der Waals surface area contributed by atoms with Crippen LogP contribution in [-0.4, -0.2) is 16.2 Å². The third kappa shape index (κ3) is 3.83. The quantitative estimate of drug-likeness (QED) is 0.830. The van der Waals surface area contributed by atoms with E-state index in [0.717, 1.165) is 25.4 Å². The van der Waals surface area contributed by atoms with Gasteiger partial charge in [0.2, 0.25) is 0 Å². The van der Waals surface area contributed by atoms with Crippen LogP contribution in [-0.2, 0) is 19.6 Å². The van der Waals surface area contributed by atoms with Gasteiger partial charge in [0, 0.05) is 25.8 Å². The molecule has 0 aliphatic rings. The van der Waals surface area contributed by atoms with Gasteiger partial charge in [-0.1, -0.05) is 12.1 Å². The van der Waals surface area contributed by atoms with Gasteiger partial charge < -0.3 is 14.6 Å². The number of aryl methyl sites for hydroxylation is 1. The molecular weight excluding hydrogens is 238 g/mol. The Kier molecular flexibility index (Phi) is 4.98. The van der Waals surface area contributed by atoms with Gasteiger partial charge in [0.15, 0.2) is 0 Å². The van der Waals surface area contributed by atoms with Crippen molar-refractivity contribution in [3.05, 3.63) is 48.0 Å².